The monoisotopic (exact) mass is 282 g/mol. The van der Waals surface area contributed by atoms with E-state index < -0.39 is 0 Å². The maximum absolute atomic E-state index is 12.0. The molecule has 5 heteroatoms. The SMILES string of the molecule is CCNC(=O)CCCC(=O)NC1C2CCC(C2)C1CO. The van der Waals surface area contributed by atoms with Gasteiger partial charge in [-0.15, -0.1) is 0 Å². The number of carbonyl (C=O) groups is 2. The average molecular weight is 282 g/mol. The molecule has 2 aliphatic rings. The van der Waals surface area contributed by atoms with Gasteiger partial charge in [-0.1, -0.05) is 0 Å². The van der Waals surface area contributed by atoms with Crippen molar-refractivity contribution in [2.24, 2.45) is 17.8 Å². The van der Waals surface area contributed by atoms with Crippen molar-refractivity contribution in [3.63, 3.8) is 0 Å². The third-order valence-corrected chi connectivity index (χ3v) is 4.81. The van der Waals surface area contributed by atoms with E-state index in [4.69, 9.17) is 0 Å². The Morgan fingerprint density at radius 1 is 1.15 bits per heavy atom. The van der Waals surface area contributed by atoms with Crippen molar-refractivity contribution in [2.75, 3.05) is 13.2 Å². The fourth-order valence-electron chi connectivity index (χ4n) is 3.85. The van der Waals surface area contributed by atoms with Crippen molar-refractivity contribution in [3.05, 3.63) is 0 Å². The van der Waals surface area contributed by atoms with E-state index in [1.807, 2.05) is 6.92 Å². The lowest BCUT2D eigenvalue weighted by molar-refractivity contribution is -0.123. The van der Waals surface area contributed by atoms with Gasteiger partial charge in [-0.05, 0) is 44.4 Å². The Bertz CT molecular complexity index is 359. The van der Waals surface area contributed by atoms with Gasteiger partial charge in [-0.25, -0.2) is 0 Å². The summed E-state index contributed by atoms with van der Waals surface area (Å²) in [5, 5.41) is 15.3. The predicted octanol–water partition coefficient (Wildman–Crippen LogP) is 0.816. The zero-order chi connectivity index (χ0) is 14.5. The molecule has 0 spiro atoms. The summed E-state index contributed by atoms with van der Waals surface area (Å²) in [7, 11) is 0. The first-order chi connectivity index (χ1) is 9.65. The number of aliphatic hydroxyl groups is 1. The number of hydrogen-bond acceptors (Lipinski definition) is 3. The number of hydrogen-bond donors (Lipinski definition) is 3. The molecule has 2 rings (SSSR count). The lowest BCUT2D eigenvalue weighted by Crippen LogP contribution is -2.45. The fraction of sp³-hybridized carbons (Fsp3) is 0.867. The Kier molecular flexibility index (Phi) is 5.40. The number of carbonyl (C=O) groups excluding carboxylic acids is 2. The van der Waals surface area contributed by atoms with Gasteiger partial charge in [-0.3, -0.25) is 9.59 Å². The van der Waals surface area contributed by atoms with E-state index in [1.165, 1.54) is 12.8 Å². The van der Waals surface area contributed by atoms with E-state index >= 15 is 0 Å². The molecule has 3 N–H and O–H groups in total. The molecule has 0 saturated heterocycles. The van der Waals surface area contributed by atoms with Gasteiger partial charge in [0.25, 0.3) is 0 Å². The smallest absolute Gasteiger partial charge is 0.220 e. The molecule has 4 unspecified atom stereocenters. The Labute approximate surface area is 120 Å². The van der Waals surface area contributed by atoms with Crippen LogP contribution in [0.4, 0.5) is 0 Å². The summed E-state index contributed by atoms with van der Waals surface area (Å²) >= 11 is 0. The summed E-state index contributed by atoms with van der Waals surface area (Å²) in [5.74, 6) is 1.40. The van der Waals surface area contributed by atoms with Gasteiger partial charge in [0.15, 0.2) is 0 Å². The Balaban J connectivity index is 1.70. The van der Waals surface area contributed by atoms with Crippen LogP contribution >= 0.6 is 0 Å². The highest BCUT2D eigenvalue weighted by molar-refractivity contribution is 5.79. The second-order valence-electron chi connectivity index (χ2n) is 6.08. The predicted molar refractivity (Wildman–Crippen MR) is 75.9 cm³/mol. The molecular weight excluding hydrogens is 256 g/mol. The molecule has 2 fully saturated rings. The maximum Gasteiger partial charge on any atom is 0.220 e. The molecule has 2 aliphatic carbocycles. The van der Waals surface area contributed by atoms with E-state index in [2.05, 4.69) is 10.6 Å². The van der Waals surface area contributed by atoms with Crippen LogP contribution in [0.1, 0.15) is 45.4 Å². The Morgan fingerprint density at radius 3 is 2.55 bits per heavy atom. The third-order valence-electron chi connectivity index (χ3n) is 4.81. The van der Waals surface area contributed by atoms with E-state index in [0.29, 0.717) is 37.6 Å². The van der Waals surface area contributed by atoms with E-state index in [1.54, 1.807) is 0 Å². The molecule has 5 nitrogen and oxygen atoms in total. The van der Waals surface area contributed by atoms with Gasteiger partial charge in [0.2, 0.25) is 11.8 Å². The van der Waals surface area contributed by atoms with Crippen LogP contribution < -0.4 is 10.6 Å². The van der Waals surface area contributed by atoms with Crippen molar-refractivity contribution in [2.45, 2.75) is 51.5 Å². The normalized spacial score (nSPS) is 31.3. The van der Waals surface area contributed by atoms with Crippen molar-refractivity contribution in [1.82, 2.24) is 10.6 Å². The second kappa shape index (κ2) is 7.07. The van der Waals surface area contributed by atoms with Crippen LogP contribution in [-0.2, 0) is 9.59 Å². The molecule has 0 aromatic rings. The largest absolute Gasteiger partial charge is 0.396 e. The summed E-state index contributed by atoms with van der Waals surface area (Å²) in [5.41, 5.74) is 0. The molecule has 114 valence electrons. The van der Waals surface area contributed by atoms with Crippen molar-refractivity contribution >= 4 is 11.8 Å². The molecule has 0 aromatic carbocycles. The minimum Gasteiger partial charge on any atom is -0.396 e. The minimum absolute atomic E-state index is 0.00783. The van der Waals surface area contributed by atoms with Gasteiger partial charge in [0.1, 0.15) is 0 Å². The highest BCUT2D eigenvalue weighted by Gasteiger charge is 2.47. The van der Waals surface area contributed by atoms with Crippen molar-refractivity contribution in [1.29, 1.82) is 0 Å². The first-order valence-electron chi connectivity index (χ1n) is 7.82. The summed E-state index contributed by atoms with van der Waals surface area (Å²) < 4.78 is 0. The topological polar surface area (TPSA) is 78.4 Å². The molecule has 20 heavy (non-hydrogen) atoms. The Hall–Kier alpha value is -1.10. The van der Waals surface area contributed by atoms with E-state index in [9.17, 15) is 14.7 Å². The first-order valence-corrected chi connectivity index (χ1v) is 7.82. The maximum atomic E-state index is 12.0. The number of fused-ring (bicyclic) bond motifs is 2. The lowest BCUT2D eigenvalue weighted by Gasteiger charge is -2.30. The number of nitrogens with one attached hydrogen (secondary N) is 2. The molecule has 2 saturated carbocycles. The van der Waals surface area contributed by atoms with Gasteiger partial charge >= 0.3 is 0 Å². The zero-order valence-electron chi connectivity index (χ0n) is 12.2. The van der Waals surface area contributed by atoms with Crippen LogP contribution in [0.3, 0.4) is 0 Å². The van der Waals surface area contributed by atoms with Gasteiger partial charge in [0, 0.05) is 38.0 Å². The van der Waals surface area contributed by atoms with Crippen molar-refractivity contribution in [3.8, 4) is 0 Å². The number of aliphatic hydroxyl groups excluding tert-OH is 1. The van der Waals surface area contributed by atoms with Crippen LogP contribution in [0, 0.1) is 17.8 Å². The van der Waals surface area contributed by atoms with Gasteiger partial charge in [-0.2, -0.15) is 0 Å². The third kappa shape index (κ3) is 3.51. The lowest BCUT2D eigenvalue weighted by atomic mass is 9.85. The van der Waals surface area contributed by atoms with Crippen LogP contribution in [0.15, 0.2) is 0 Å². The summed E-state index contributed by atoms with van der Waals surface area (Å²) in [6.45, 7) is 2.69. The van der Waals surface area contributed by atoms with E-state index in [0.717, 1.165) is 6.42 Å². The van der Waals surface area contributed by atoms with Gasteiger partial charge < -0.3 is 15.7 Å². The molecule has 0 aromatic heterocycles. The first kappa shape index (κ1) is 15.3. The highest BCUT2D eigenvalue weighted by atomic mass is 16.3. The summed E-state index contributed by atoms with van der Waals surface area (Å²) in [6, 6.07) is 0.149. The van der Waals surface area contributed by atoms with Crippen LogP contribution in [-0.4, -0.2) is 36.1 Å². The number of rotatable bonds is 7. The summed E-state index contributed by atoms with van der Waals surface area (Å²) in [6.07, 6.45) is 4.90. The van der Waals surface area contributed by atoms with Crippen LogP contribution in [0.25, 0.3) is 0 Å². The zero-order valence-corrected chi connectivity index (χ0v) is 12.2. The molecule has 2 bridgehead atoms. The highest BCUT2D eigenvalue weighted by Crippen LogP contribution is 2.48. The molecular formula is C15H26N2O3. The van der Waals surface area contributed by atoms with Crippen molar-refractivity contribution < 1.29 is 14.7 Å². The molecule has 4 atom stereocenters. The molecule has 0 heterocycles. The average Bonchev–Trinajstić information content (AvgIpc) is 2.99. The van der Waals surface area contributed by atoms with Gasteiger partial charge in [0.05, 0.1) is 0 Å². The summed E-state index contributed by atoms with van der Waals surface area (Å²) in [4.78, 5) is 23.2. The molecule has 2 amide bonds. The standard InChI is InChI=1S/C15H26N2O3/c1-2-16-13(19)4-3-5-14(20)17-15-11-7-6-10(8-11)12(15)9-18/h10-12,15,18H,2-9H2,1H3,(H,16,19)(H,17,20). The quantitative estimate of drug-likeness (QED) is 0.647. The van der Waals surface area contributed by atoms with Crippen LogP contribution in [0.2, 0.25) is 0 Å². The van der Waals surface area contributed by atoms with Crippen LogP contribution in [0.5, 0.6) is 0 Å². The minimum atomic E-state index is 0.00783. The van der Waals surface area contributed by atoms with E-state index in [-0.39, 0.29) is 30.4 Å². The molecule has 0 aliphatic heterocycles. The Morgan fingerprint density at radius 2 is 1.85 bits per heavy atom. The molecule has 0 radical (unpaired) electrons. The fourth-order valence-corrected chi connectivity index (χ4v) is 3.85. The number of amides is 2. The second-order valence-corrected chi connectivity index (χ2v) is 6.08.